The zero-order valence-corrected chi connectivity index (χ0v) is 12.8. The molecule has 6 rings (SSSR count). The van der Waals surface area contributed by atoms with Crippen LogP contribution in [-0.4, -0.2) is 21.8 Å². The molecular weight excluding hydrogens is 236 g/mol. The number of methoxy groups -OCH3 is 1. The highest BCUT2D eigenvalue weighted by Crippen LogP contribution is 3.10. The van der Waals surface area contributed by atoms with E-state index in [2.05, 4.69) is 31.1 Å². The summed E-state index contributed by atoms with van der Waals surface area (Å²) in [6.45, 7) is 8.13. The summed E-state index contributed by atoms with van der Waals surface area (Å²) >= 11 is 0. The molecule has 0 aromatic heterocycles. The highest BCUT2D eigenvalue weighted by molar-refractivity contribution is 6.83. The van der Waals surface area contributed by atoms with Crippen LogP contribution in [0.25, 0.3) is 0 Å². The van der Waals surface area contributed by atoms with Gasteiger partial charge < -0.3 is 4.74 Å². The molecular formula is C16H22OSi. The van der Waals surface area contributed by atoms with Crippen molar-refractivity contribution < 1.29 is 4.74 Å². The van der Waals surface area contributed by atoms with E-state index in [1.807, 2.05) is 7.11 Å². The Labute approximate surface area is 111 Å². The average molecular weight is 258 g/mol. The maximum Gasteiger partial charge on any atom is 0.129 e. The van der Waals surface area contributed by atoms with Gasteiger partial charge in [-0.05, 0) is 40.9 Å². The molecule has 0 aromatic rings. The maximum absolute atomic E-state index is 5.49. The van der Waals surface area contributed by atoms with Crippen molar-refractivity contribution in [2.45, 2.75) is 26.1 Å². The Morgan fingerprint density at radius 1 is 0.944 bits per heavy atom. The van der Waals surface area contributed by atoms with Gasteiger partial charge in [0.2, 0.25) is 0 Å². The molecule has 6 saturated carbocycles. The predicted octanol–water partition coefficient (Wildman–Crippen LogP) is 2.64. The van der Waals surface area contributed by atoms with Gasteiger partial charge in [-0.25, -0.2) is 0 Å². The fourth-order valence-corrected chi connectivity index (χ4v) is 7.95. The summed E-state index contributed by atoms with van der Waals surface area (Å²) in [6, 6.07) is 0. The van der Waals surface area contributed by atoms with E-state index in [-0.39, 0.29) is 0 Å². The van der Waals surface area contributed by atoms with Gasteiger partial charge in [0.1, 0.15) is 8.07 Å². The number of hydrogen-bond donors (Lipinski definition) is 0. The zero-order chi connectivity index (χ0) is 12.5. The molecule has 6 fully saturated rings. The van der Waals surface area contributed by atoms with Crippen LogP contribution in [0, 0.1) is 57.8 Å². The SMILES string of the molecule is COCC12C3C4C1C1C2C3C41CC#C[Si](C)(C)C. The molecule has 18 heavy (non-hydrogen) atoms. The molecule has 0 saturated heterocycles. The second-order valence-electron chi connectivity index (χ2n) is 8.54. The van der Waals surface area contributed by atoms with Crippen molar-refractivity contribution in [1.29, 1.82) is 0 Å². The first kappa shape index (κ1) is 10.5. The summed E-state index contributed by atoms with van der Waals surface area (Å²) < 4.78 is 5.49. The Hall–Kier alpha value is -0.263. The molecule has 6 aliphatic rings. The first-order valence-corrected chi connectivity index (χ1v) is 11.0. The lowest BCUT2D eigenvalue weighted by atomic mass is 8.92. The van der Waals surface area contributed by atoms with Crippen molar-refractivity contribution in [3.8, 4) is 11.5 Å². The quantitative estimate of drug-likeness (QED) is 0.558. The van der Waals surface area contributed by atoms with E-state index in [1.54, 1.807) is 0 Å². The Kier molecular flexibility index (Phi) is 1.46. The molecule has 6 aliphatic carbocycles. The number of rotatable bonds is 3. The van der Waals surface area contributed by atoms with Gasteiger partial charge in [-0.3, -0.25) is 0 Å². The second-order valence-corrected chi connectivity index (χ2v) is 13.3. The fourth-order valence-electron chi connectivity index (χ4n) is 7.33. The van der Waals surface area contributed by atoms with E-state index in [9.17, 15) is 0 Å². The van der Waals surface area contributed by atoms with Gasteiger partial charge in [-0.1, -0.05) is 19.6 Å². The zero-order valence-electron chi connectivity index (χ0n) is 11.8. The minimum Gasteiger partial charge on any atom is -0.384 e. The summed E-state index contributed by atoms with van der Waals surface area (Å²) in [6.07, 6.45) is 1.24. The van der Waals surface area contributed by atoms with Crippen molar-refractivity contribution in [2.24, 2.45) is 46.3 Å². The second kappa shape index (κ2) is 2.50. The molecule has 0 bridgehead atoms. The third-order valence-electron chi connectivity index (χ3n) is 7.30. The van der Waals surface area contributed by atoms with Crippen LogP contribution in [0.1, 0.15) is 6.42 Å². The van der Waals surface area contributed by atoms with Gasteiger partial charge in [0.25, 0.3) is 0 Å². The molecule has 0 N–H and O–H groups in total. The highest BCUT2D eigenvalue weighted by atomic mass is 28.3. The molecule has 0 atom stereocenters. The third-order valence-corrected chi connectivity index (χ3v) is 8.22. The first-order chi connectivity index (χ1) is 8.50. The molecule has 96 valence electrons. The molecule has 2 heteroatoms. The summed E-state index contributed by atoms with van der Waals surface area (Å²) in [5.74, 6) is 10.1. The minimum atomic E-state index is -1.16. The van der Waals surface area contributed by atoms with Crippen LogP contribution in [0.15, 0.2) is 0 Å². The molecule has 0 radical (unpaired) electrons. The van der Waals surface area contributed by atoms with Gasteiger partial charge in [0, 0.05) is 18.9 Å². The molecule has 0 aromatic carbocycles. The predicted molar refractivity (Wildman–Crippen MR) is 73.4 cm³/mol. The Balaban J connectivity index is 1.34. The lowest BCUT2D eigenvalue weighted by molar-refractivity contribution is -0.659. The molecule has 1 nitrogen and oxygen atoms in total. The maximum atomic E-state index is 5.49. The van der Waals surface area contributed by atoms with E-state index < -0.39 is 8.07 Å². The van der Waals surface area contributed by atoms with Crippen LogP contribution in [0.2, 0.25) is 19.6 Å². The highest BCUT2D eigenvalue weighted by Gasteiger charge is 3.09. The monoisotopic (exact) mass is 258 g/mol. The van der Waals surface area contributed by atoms with E-state index in [1.165, 1.54) is 6.42 Å². The van der Waals surface area contributed by atoms with Gasteiger partial charge >= 0.3 is 0 Å². The van der Waals surface area contributed by atoms with Crippen molar-refractivity contribution in [2.75, 3.05) is 13.7 Å². The third kappa shape index (κ3) is 0.664. The summed E-state index contributed by atoms with van der Waals surface area (Å²) in [5, 5.41) is 0. The van der Waals surface area contributed by atoms with Crippen molar-refractivity contribution in [3.05, 3.63) is 0 Å². The van der Waals surface area contributed by atoms with Crippen LogP contribution in [-0.2, 0) is 4.74 Å². The smallest absolute Gasteiger partial charge is 0.129 e. The molecule has 0 heterocycles. The number of hydrogen-bond acceptors (Lipinski definition) is 1. The summed E-state index contributed by atoms with van der Waals surface area (Å²) in [4.78, 5) is 0. The van der Waals surface area contributed by atoms with Gasteiger partial charge in [-0.15, -0.1) is 11.5 Å². The van der Waals surface area contributed by atoms with Crippen LogP contribution in [0.5, 0.6) is 0 Å². The average Bonchev–Trinajstić information content (AvgIpc) is 2.31. The minimum absolute atomic E-state index is 0.711. The number of ether oxygens (including phenoxy) is 1. The Morgan fingerprint density at radius 2 is 1.44 bits per heavy atom. The topological polar surface area (TPSA) is 9.23 Å². The molecule has 0 amide bonds. The standard InChI is InChI=1S/C16H22OSi/c1-17-8-16-12-9-13(16)11-14(16)10(12)15(9,11)6-5-7-18(2,3)4/h9-14H,6,8H2,1-4H3. The lowest BCUT2D eigenvalue weighted by Crippen LogP contribution is -3.10. The Bertz CT molecular complexity index is 464. The Morgan fingerprint density at radius 3 is 1.89 bits per heavy atom. The van der Waals surface area contributed by atoms with E-state index in [4.69, 9.17) is 4.74 Å². The van der Waals surface area contributed by atoms with Crippen molar-refractivity contribution in [3.63, 3.8) is 0 Å². The van der Waals surface area contributed by atoms with Crippen LogP contribution < -0.4 is 0 Å². The first-order valence-electron chi connectivity index (χ1n) is 7.49. The van der Waals surface area contributed by atoms with Crippen LogP contribution in [0.4, 0.5) is 0 Å². The van der Waals surface area contributed by atoms with Crippen LogP contribution >= 0.6 is 0 Å². The van der Waals surface area contributed by atoms with Crippen molar-refractivity contribution >= 4 is 8.07 Å². The fraction of sp³-hybridized carbons (Fsp3) is 0.875. The normalized spacial score (nSPS) is 63.1. The van der Waals surface area contributed by atoms with E-state index in [0.29, 0.717) is 5.41 Å². The van der Waals surface area contributed by atoms with Crippen LogP contribution in [0.3, 0.4) is 0 Å². The van der Waals surface area contributed by atoms with Gasteiger partial charge in [0.15, 0.2) is 0 Å². The summed E-state index contributed by atoms with van der Waals surface area (Å²) in [5.41, 5.74) is 5.04. The lowest BCUT2D eigenvalue weighted by Gasteiger charge is -3.11. The molecule has 0 unspecified atom stereocenters. The molecule has 0 aliphatic heterocycles. The summed E-state index contributed by atoms with van der Waals surface area (Å²) in [7, 11) is 0.727. The largest absolute Gasteiger partial charge is 0.384 e. The van der Waals surface area contributed by atoms with Gasteiger partial charge in [0.05, 0.1) is 6.61 Å². The van der Waals surface area contributed by atoms with E-state index >= 15 is 0 Å². The van der Waals surface area contributed by atoms with Crippen molar-refractivity contribution in [1.82, 2.24) is 0 Å². The van der Waals surface area contributed by atoms with E-state index in [0.717, 1.165) is 47.5 Å². The molecule has 0 spiro atoms. The van der Waals surface area contributed by atoms with Gasteiger partial charge in [-0.2, -0.15) is 0 Å².